The highest BCUT2D eigenvalue weighted by Gasteiger charge is 2.84. The average Bonchev–Trinajstić information content (AvgIpc) is 2.88. The Bertz CT molecular complexity index is 486. The number of alkyl halides is 9. The van der Waals surface area contributed by atoms with Crippen LogP contribution < -0.4 is 0 Å². The van der Waals surface area contributed by atoms with Crippen LogP contribution in [0, 0.1) is 0 Å². The molecule has 0 aromatic heterocycles. The van der Waals surface area contributed by atoms with Crippen LogP contribution in [0.3, 0.4) is 0 Å². The van der Waals surface area contributed by atoms with Crippen molar-refractivity contribution in [3.63, 3.8) is 0 Å². The first-order chi connectivity index (χ1) is 8.60. The van der Waals surface area contributed by atoms with Crippen molar-refractivity contribution in [3.05, 3.63) is 23.1 Å². The Kier molecular flexibility index (Phi) is 3.40. The summed E-state index contributed by atoms with van der Waals surface area (Å²) in [6, 6.07) is 0. The topological polar surface area (TPSA) is 0 Å². The van der Waals surface area contributed by atoms with Crippen molar-refractivity contribution in [2.45, 2.75) is 23.9 Å². The van der Waals surface area contributed by atoms with E-state index in [1.807, 2.05) is 0 Å². The van der Waals surface area contributed by atoms with Crippen LogP contribution in [0.1, 0.15) is 0 Å². The van der Waals surface area contributed by atoms with E-state index in [2.05, 4.69) is 0 Å². The van der Waals surface area contributed by atoms with Gasteiger partial charge in [-0.3, -0.25) is 0 Å². The van der Waals surface area contributed by atoms with Crippen molar-refractivity contribution in [2.24, 2.45) is 0 Å². The summed E-state index contributed by atoms with van der Waals surface area (Å²) < 4.78 is 147. The highest BCUT2D eigenvalue weighted by molar-refractivity contribution is 5.67. The average molecular weight is 324 g/mol. The minimum atomic E-state index is -7.25. The molecule has 1 aliphatic carbocycles. The van der Waals surface area contributed by atoms with Gasteiger partial charge in [0.25, 0.3) is 6.08 Å². The fourth-order valence-corrected chi connectivity index (χ4v) is 1.17. The summed E-state index contributed by atoms with van der Waals surface area (Å²) in [5.74, 6) is -23.5. The Labute approximate surface area is 101 Å². The Hall–Kier alpha value is -1.36. The van der Waals surface area contributed by atoms with Gasteiger partial charge in [-0.25, -0.2) is 4.39 Å². The van der Waals surface area contributed by atoms with E-state index in [-0.39, 0.29) is 0 Å². The van der Waals surface area contributed by atoms with Crippen LogP contribution in [0.2, 0.25) is 0 Å². The molecule has 0 radical (unpaired) electrons. The van der Waals surface area contributed by atoms with Crippen molar-refractivity contribution in [1.82, 2.24) is 0 Å². The molecule has 0 saturated carbocycles. The maximum Gasteiger partial charge on any atom is 0.460 e. The zero-order valence-corrected chi connectivity index (χ0v) is 8.54. The van der Waals surface area contributed by atoms with Gasteiger partial charge < -0.3 is 0 Å². The lowest BCUT2D eigenvalue weighted by Gasteiger charge is -2.32. The molecule has 0 amide bonds. The molecule has 0 aliphatic heterocycles. The predicted octanol–water partition coefficient (Wildman–Crippen LogP) is 4.84. The van der Waals surface area contributed by atoms with Crippen LogP contribution in [0.4, 0.5) is 52.7 Å². The molecule has 0 saturated heterocycles. The monoisotopic (exact) mass is 324 g/mol. The van der Waals surface area contributed by atoms with Gasteiger partial charge in [-0.2, -0.15) is 48.3 Å². The molecule has 0 aromatic carbocycles. The SMILES string of the molecule is FC(F)=C1C(F)=C1C(F)(F)C(F)(F)C(F)(F)C(F)(F)F. The van der Waals surface area contributed by atoms with E-state index in [0.717, 1.165) is 0 Å². The summed E-state index contributed by atoms with van der Waals surface area (Å²) in [5.41, 5.74) is -5.25. The number of rotatable bonds is 3. The molecule has 20 heavy (non-hydrogen) atoms. The lowest BCUT2D eigenvalue weighted by atomic mass is 10.0. The molecule has 0 atom stereocenters. The normalized spacial score (nSPS) is 17.7. The minimum Gasteiger partial charge on any atom is -0.206 e. The fourth-order valence-electron chi connectivity index (χ4n) is 1.17. The fraction of sp³-hybridized carbons (Fsp3) is 0.500. The number of hydrogen-bond donors (Lipinski definition) is 0. The number of allylic oxidation sites excluding steroid dienone is 3. The number of halogens is 12. The molecule has 1 rings (SSSR count). The van der Waals surface area contributed by atoms with Crippen LogP contribution >= 0.6 is 0 Å². The molecule has 1 aliphatic rings. The Morgan fingerprint density at radius 2 is 1.10 bits per heavy atom. The van der Waals surface area contributed by atoms with E-state index in [9.17, 15) is 52.7 Å². The summed E-state index contributed by atoms with van der Waals surface area (Å²) in [6.45, 7) is 0. The van der Waals surface area contributed by atoms with Crippen LogP contribution in [0.15, 0.2) is 23.1 Å². The summed E-state index contributed by atoms with van der Waals surface area (Å²) >= 11 is 0. The van der Waals surface area contributed by atoms with Gasteiger partial charge in [0.05, 0.1) is 11.1 Å². The highest BCUT2D eigenvalue weighted by Crippen LogP contribution is 2.61. The maximum absolute atomic E-state index is 12.9. The van der Waals surface area contributed by atoms with E-state index in [4.69, 9.17) is 0 Å². The molecule has 116 valence electrons. The molecule has 0 fully saturated rings. The lowest BCUT2D eigenvalue weighted by Crippen LogP contribution is -2.60. The molecule has 0 N–H and O–H groups in total. The summed E-state index contributed by atoms with van der Waals surface area (Å²) in [6.07, 6.45) is -10.3. The van der Waals surface area contributed by atoms with E-state index < -0.39 is 47.0 Å². The van der Waals surface area contributed by atoms with Gasteiger partial charge in [-0.05, 0) is 0 Å². The van der Waals surface area contributed by atoms with Crippen LogP contribution in [0.5, 0.6) is 0 Å². The Morgan fingerprint density at radius 3 is 1.35 bits per heavy atom. The van der Waals surface area contributed by atoms with Gasteiger partial charge in [0.1, 0.15) is 5.83 Å². The second-order valence-electron chi connectivity index (χ2n) is 3.55. The van der Waals surface area contributed by atoms with Crippen molar-refractivity contribution in [2.75, 3.05) is 0 Å². The second-order valence-corrected chi connectivity index (χ2v) is 3.55. The van der Waals surface area contributed by atoms with Crippen molar-refractivity contribution in [1.29, 1.82) is 0 Å². The van der Waals surface area contributed by atoms with Crippen LogP contribution in [0.25, 0.3) is 0 Å². The minimum absolute atomic E-state index is 2.38. The largest absolute Gasteiger partial charge is 0.460 e. The van der Waals surface area contributed by atoms with Crippen molar-refractivity contribution >= 4 is 0 Å². The van der Waals surface area contributed by atoms with Gasteiger partial charge >= 0.3 is 23.9 Å². The van der Waals surface area contributed by atoms with E-state index >= 15 is 0 Å². The summed E-state index contributed by atoms with van der Waals surface area (Å²) in [4.78, 5) is 0. The molecule has 0 heterocycles. The van der Waals surface area contributed by atoms with E-state index in [1.54, 1.807) is 0 Å². The van der Waals surface area contributed by atoms with Crippen LogP contribution in [-0.4, -0.2) is 23.9 Å². The van der Waals surface area contributed by atoms with E-state index in [1.165, 1.54) is 0 Å². The lowest BCUT2D eigenvalue weighted by molar-refractivity contribution is -0.389. The van der Waals surface area contributed by atoms with Crippen LogP contribution in [-0.2, 0) is 0 Å². The van der Waals surface area contributed by atoms with Gasteiger partial charge in [-0.1, -0.05) is 0 Å². The zero-order valence-electron chi connectivity index (χ0n) is 8.54. The van der Waals surface area contributed by atoms with Gasteiger partial charge in [0.2, 0.25) is 0 Å². The standard InChI is InChI=1S/C8F12/c9-3-1(4(10)11)2(3)5(12,13)6(14,15)7(16,17)8(18,19)20. The van der Waals surface area contributed by atoms with Gasteiger partial charge in [-0.15, -0.1) is 0 Å². The third-order valence-electron chi connectivity index (χ3n) is 2.27. The second kappa shape index (κ2) is 4.07. The molecular formula is C8F12. The molecule has 12 heteroatoms. The molecule has 0 spiro atoms. The van der Waals surface area contributed by atoms with Crippen molar-refractivity contribution < 1.29 is 52.7 Å². The van der Waals surface area contributed by atoms with Gasteiger partial charge in [0, 0.05) is 0 Å². The van der Waals surface area contributed by atoms with Gasteiger partial charge in [0.15, 0.2) is 0 Å². The number of hydrogen-bond acceptors (Lipinski definition) is 0. The molecule has 0 bridgehead atoms. The molecular weight excluding hydrogens is 324 g/mol. The molecule has 0 unspecified atom stereocenters. The predicted molar refractivity (Wildman–Crippen MR) is 38.3 cm³/mol. The smallest absolute Gasteiger partial charge is 0.206 e. The summed E-state index contributed by atoms with van der Waals surface area (Å²) in [5, 5.41) is 0. The summed E-state index contributed by atoms with van der Waals surface area (Å²) in [7, 11) is 0. The first-order valence-corrected chi connectivity index (χ1v) is 4.27. The third kappa shape index (κ3) is 1.95. The first kappa shape index (κ1) is 16.7. The third-order valence-corrected chi connectivity index (χ3v) is 2.27. The van der Waals surface area contributed by atoms with E-state index in [0.29, 0.717) is 0 Å². The molecule has 0 aromatic rings. The highest BCUT2D eigenvalue weighted by atomic mass is 19.4. The Morgan fingerprint density at radius 1 is 0.700 bits per heavy atom. The zero-order chi connectivity index (χ0) is 16.3. The quantitative estimate of drug-likeness (QED) is 0.652. The first-order valence-electron chi connectivity index (χ1n) is 4.27. The Balaban J connectivity index is 3.33. The van der Waals surface area contributed by atoms with Crippen molar-refractivity contribution in [3.8, 4) is 0 Å². The molecule has 0 nitrogen and oxygen atoms in total. The maximum atomic E-state index is 12.9.